The third kappa shape index (κ3) is 3.46. The Hall–Kier alpha value is -3.26. The topological polar surface area (TPSA) is 93.1 Å². The largest absolute Gasteiger partial charge is 0.493 e. The molecule has 1 aliphatic rings. The van der Waals surface area contributed by atoms with E-state index in [1.165, 1.54) is 26.4 Å². The highest BCUT2D eigenvalue weighted by atomic mass is 32.2. The van der Waals surface area contributed by atoms with Gasteiger partial charge in [-0.3, -0.25) is 9.59 Å². The molecule has 3 rings (SSSR count). The number of carbonyl (C=O) groups is 3. The third-order valence-electron chi connectivity index (χ3n) is 4.13. The normalized spacial score (nSPS) is 15.2. The molecule has 28 heavy (non-hydrogen) atoms. The van der Waals surface area contributed by atoms with Crippen molar-refractivity contribution in [2.24, 2.45) is 0 Å². The first-order valence-electron chi connectivity index (χ1n) is 8.20. The summed E-state index contributed by atoms with van der Waals surface area (Å²) >= 11 is 0.755. The predicted molar refractivity (Wildman–Crippen MR) is 106 cm³/mol. The Balaban J connectivity index is 2.06. The molecule has 7 nitrogen and oxygen atoms in total. The maximum absolute atomic E-state index is 12.8. The third-order valence-corrected chi connectivity index (χ3v) is 5.00. The standard InChI is InChI=1S/C20H17NO6S/c1-11-5-4-6-13(9-11)21-18(22)15(28-20(21)25)10-12-7-8-14(26-2)17(27-3)16(12)19(23)24/h4-10H,1-3H3,(H,23,24)/b15-10+. The molecule has 0 atom stereocenters. The first-order valence-corrected chi connectivity index (χ1v) is 9.02. The SMILES string of the molecule is COc1ccc(/C=C2/SC(=O)N(c3cccc(C)c3)C2=O)c(C(=O)O)c1OC. The second-order valence-electron chi connectivity index (χ2n) is 5.93. The van der Waals surface area contributed by atoms with Crippen molar-refractivity contribution in [2.75, 3.05) is 19.1 Å². The van der Waals surface area contributed by atoms with Crippen LogP contribution in [0.5, 0.6) is 11.5 Å². The van der Waals surface area contributed by atoms with Gasteiger partial charge < -0.3 is 14.6 Å². The summed E-state index contributed by atoms with van der Waals surface area (Å²) in [6.07, 6.45) is 1.38. The van der Waals surface area contributed by atoms with E-state index in [1.807, 2.05) is 13.0 Å². The summed E-state index contributed by atoms with van der Waals surface area (Å²) in [6.45, 7) is 1.86. The molecule has 1 N–H and O–H groups in total. The Bertz CT molecular complexity index is 1010. The molecule has 0 bridgehead atoms. The van der Waals surface area contributed by atoms with Gasteiger partial charge in [0.1, 0.15) is 5.56 Å². The molecule has 144 valence electrons. The number of anilines is 1. The quantitative estimate of drug-likeness (QED) is 0.761. The summed E-state index contributed by atoms with van der Waals surface area (Å²) in [7, 11) is 2.73. The summed E-state index contributed by atoms with van der Waals surface area (Å²) in [5.41, 5.74) is 1.47. The van der Waals surface area contributed by atoms with Gasteiger partial charge in [-0.2, -0.15) is 0 Å². The number of benzene rings is 2. The van der Waals surface area contributed by atoms with Crippen LogP contribution in [0, 0.1) is 6.92 Å². The van der Waals surface area contributed by atoms with Crippen LogP contribution in [0.3, 0.4) is 0 Å². The van der Waals surface area contributed by atoms with Crippen LogP contribution in [-0.4, -0.2) is 36.4 Å². The molecule has 2 amide bonds. The van der Waals surface area contributed by atoms with Crippen molar-refractivity contribution in [1.82, 2.24) is 0 Å². The zero-order chi connectivity index (χ0) is 20.4. The fourth-order valence-corrected chi connectivity index (χ4v) is 3.71. The lowest BCUT2D eigenvalue weighted by atomic mass is 10.0. The lowest BCUT2D eigenvalue weighted by molar-refractivity contribution is -0.113. The molecule has 1 aliphatic heterocycles. The number of carboxylic acid groups (broad SMARTS) is 1. The summed E-state index contributed by atoms with van der Waals surface area (Å²) in [5.74, 6) is -1.45. The molecule has 0 radical (unpaired) electrons. The first kappa shape index (κ1) is 19.5. The van der Waals surface area contributed by atoms with Gasteiger partial charge in [-0.05, 0) is 54.1 Å². The maximum Gasteiger partial charge on any atom is 0.340 e. The van der Waals surface area contributed by atoms with Gasteiger partial charge in [-0.1, -0.05) is 18.2 Å². The van der Waals surface area contributed by atoms with Crippen molar-refractivity contribution >= 4 is 40.6 Å². The number of carbonyl (C=O) groups excluding carboxylic acids is 2. The van der Waals surface area contributed by atoms with Gasteiger partial charge >= 0.3 is 5.97 Å². The van der Waals surface area contributed by atoms with Gasteiger partial charge in [-0.25, -0.2) is 9.69 Å². The van der Waals surface area contributed by atoms with Gasteiger partial charge in [0.15, 0.2) is 11.5 Å². The number of nitrogens with zero attached hydrogens (tertiary/aromatic N) is 1. The number of hydrogen-bond donors (Lipinski definition) is 1. The average molecular weight is 399 g/mol. The number of thioether (sulfide) groups is 1. The Morgan fingerprint density at radius 2 is 1.89 bits per heavy atom. The second kappa shape index (κ2) is 7.77. The van der Waals surface area contributed by atoms with E-state index in [2.05, 4.69) is 0 Å². The number of methoxy groups -OCH3 is 2. The zero-order valence-electron chi connectivity index (χ0n) is 15.4. The molecule has 1 fully saturated rings. The van der Waals surface area contributed by atoms with Gasteiger partial charge in [0.05, 0.1) is 24.8 Å². The minimum absolute atomic E-state index is 0.0432. The summed E-state index contributed by atoms with van der Waals surface area (Å²) in [4.78, 5) is 38.2. The molecule has 0 aliphatic carbocycles. The van der Waals surface area contributed by atoms with E-state index < -0.39 is 17.1 Å². The van der Waals surface area contributed by atoms with Crippen LogP contribution in [0.15, 0.2) is 41.3 Å². The minimum atomic E-state index is -1.24. The molecule has 8 heteroatoms. The Labute approximate surface area is 165 Å². The van der Waals surface area contributed by atoms with Gasteiger partial charge in [0, 0.05) is 0 Å². The minimum Gasteiger partial charge on any atom is -0.493 e. The Morgan fingerprint density at radius 1 is 1.14 bits per heavy atom. The van der Waals surface area contributed by atoms with Crippen LogP contribution in [-0.2, 0) is 4.79 Å². The predicted octanol–water partition coefficient (Wildman–Crippen LogP) is 3.95. The number of carboxylic acids is 1. The summed E-state index contributed by atoms with van der Waals surface area (Å²) in [5, 5.41) is 9.17. The van der Waals surface area contributed by atoms with Crippen molar-refractivity contribution in [3.05, 3.63) is 58.0 Å². The van der Waals surface area contributed by atoms with Crippen molar-refractivity contribution in [3.8, 4) is 11.5 Å². The number of ether oxygens (including phenoxy) is 2. The summed E-state index contributed by atoms with van der Waals surface area (Å²) < 4.78 is 10.3. The molecule has 1 saturated heterocycles. The molecular weight excluding hydrogens is 382 g/mol. The van der Waals surface area contributed by atoms with Gasteiger partial charge in [-0.15, -0.1) is 0 Å². The second-order valence-corrected chi connectivity index (χ2v) is 6.92. The van der Waals surface area contributed by atoms with E-state index in [9.17, 15) is 19.5 Å². The molecule has 0 aromatic heterocycles. The average Bonchev–Trinajstić information content (AvgIpc) is 2.94. The smallest absolute Gasteiger partial charge is 0.340 e. The van der Waals surface area contributed by atoms with Crippen LogP contribution in [0.4, 0.5) is 10.5 Å². The van der Waals surface area contributed by atoms with E-state index >= 15 is 0 Å². The molecule has 1 heterocycles. The van der Waals surface area contributed by atoms with Crippen LogP contribution in [0.2, 0.25) is 0 Å². The number of aromatic carboxylic acids is 1. The maximum atomic E-state index is 12.8. The van der Waals surface area contributed by atoms with Crippen LogP contribution in [0.1, 0.15) is 21.5 Å². The zero-order valence-corrected chi connectivity index (χ0v) is 16.2. The van der Waals surface area contributed by atoms with E-state index in [1.54, 1.807) is 24.3 Å². The van der Waals surface area contributed by atoms with Crippen molar-refractivity contribution < 1.29 is 29.0 Å². The number of aryl methyl sites for hydroxylation is 1. The molecule has 0 spiro atoms. The van der Waals surface area contributed by atoms with E-state index in [-0.39, 0.29) is 27.5 Å². The van der Waals surface area contributed by atoms with E-state index in [0.717, 1.165) is 22.2 Å². The number of amides is 2. The lowest BCUT2D eigenvalue weighted by Gasteiger charge is -2.13. The molecule has 0 unspecified atom stereocenters. The van der Waals surface area contributed by atoms with Gasteiger partial charge in [0.2, 0.25) is 0 Å². The van der Waals surface area contributed by atoms with Crippen LogP contribution in [0.25, 0.3) is 6.08 Å². The monoisotopic (exact) mass is 399 g/mol. The van der Waals surface area contributed by atoms with Crippen molar-refractivity contribution in [1.29, 1.82) is 0 Å². The van der Waals surface area contributed by atoms with E-state index in [0.29, 0.717) is 5.69 Å². The van der Waals surface area contributed by atoms with Crippen molar-refractivity contribution in [2.45, 2.75) is 6.92 Å². The van der Waals surface area contributed by atoms with Crippen LogP contribution < -0.4 is 14.4 Å². The number of imide groups is 1. The lowest BCUT2D eigenvalue weighted by Crippen LogP contribution is -2.27. The highest BCUT2D eigenvalue weighted by Gasteiger charge is 2.36. The molecule has 2 aromatic carbocycles. The Kier molecular flexibility index (Phi) is 5.41. The first-order chi connectivity index (χ1) is 13.4. The van der Waals surface area contributed by atoms with Gasteiger partial charge in [0.25, 0.3) is 11.1 Å². The molecule has 0 saturated carbocycles. The summed E-state index contributed by atoms with van der Waals surface area (Å²) in [6, 6.07) is 10.1. The molecular formula is C20H17NO6S. The van der Waals surface area contributed by atoms with Crippen molar-refractivity contribution in [3.63, 3.8) is 0 Å². The number of rotatable bonds is 5. The number of hydrogen-bond acceptors (Lipinski definition) is 6. The highest BCUT2D eigenvalue weighted by molar-refractivity contribution is 8.19. The fourth-order valence-electron chi connectivity index (χ4n) is 2.88. The fraction of sp³-hybridized carbons (Fsp3) is 0.150. The Morgan fingerprint density at radius 3 is 2.50 bits per heavy atom. The van der Waals surface area contributed by atoms with E-state index in [4.69, 9.17) is 9.47 Å². The van der Waals surface area contributed by atoms with Crippen LogP contribution >= 0.6 is 11.8 Å². The molecule has 2 aromatic rings. The highest BCUT2D eigenvalue weighted by Crippen LogP contribution is 2.39.